The molecule has 0 unspecified atom stereocenters. The first-order valence-electron chi connectivity index (χ1n) is 4.50. The summed E-state index contributed by atoms with van der Waals surface area (Å²) in [6, 6.07) is 3.91. The predicted octanol–water partition coefficient (Wildman–Crippen LogP) is 1.87. The third-order valence-electron chi connectivity index (χ3n) is 2.79. The van der Waals surface area contributed by atoms with Gasteiger partial charge < -0.3 is 5.21 Å². The minimum absolute atomic E-state index is 0.135. The van der Waals surface area contributed by atoms with Crippen LogP contribution in [-0.2, 0) is 6.42 Å². The molecule has 14 heavy (non-hydrogen) atoms. The van der Waals surface area contributed by atoms with Crippen molar-refractivity contribution in [2.24, 2.45) is 5.16 Å². The summed E-state index contributed by atoms with van der Waals surface area (Å²) in [5.41, 5.74) is 4.01. The predicted molar refractivity (Wildman–Crippen MR) is 53.2 cm³/mol. The minimum atomic E-state index is -0.135. The number of carbonyl (C=O) groups is 1. The Labute approximate surface area is 82.1 Å². The summed E-state index contributed by atoms with van der Waals surface area (Å²) < 4.78 is 0. The normalized spacial score (nSPS) is 17.6. The lowest BCUT2D eigenvalue weighted by atomic mass is 9.99. The van der Waals surface area contributed by atoms with Crippen LogP contribution in [0.1, 0.15) is 27.0 Å². The number of hydrogen-bond donors (Lipinski definition) is 1. The van der Waals surface area contributed by atoms with Crippen molar-refractivity contribution in [1.29, 1.82) is 0 Å². The van der Waals surface area contributed by atoms with Gasteiger partial charge in [0.05, 0.1) is 0 Å². The smallest absolute Gasteiger partial charge is 0.211 e. The molecule has 3 nitrogen and oxygen atoms in total. The van der Waals surface area contributed by atoms with E-state index in [9.17, 15) is 4.79 Å². The van der Waals surface area contributed by atoms with Gasteiger partial charge in [0.25, 0.3) is 0 Å². The van der Waals surface area contributed by atoms with Gasteiger partial charge in [-0.3, -0.25) is 4.79 Å². The first-order valence-corrected chi connectivity index (χ1v) is 4.50. The molecule has 0 spiro atoms. The minimum Gasteiger partial charge on any atom is -0.411 e. The summed E-state index contributed by atoms with van der Waals surface area (Å²) in [6.45, 7) is 3.89. The highest BCUT2D eigenvalue weighted by Gasteiger charge is 2.28. The highest BCUT2D eigenvalue weighted by Crippen LogP contribution is 2.25. The van der Waals surface area contributed by atoms with Crippen molar-refractivity contribution in [3.8, 4) is 0 Å². The standard InChI is InChI=1S/C11H11NO2/c1-6-3-4-8-5-9(12-14)11(13)10(8)7(6)2/h3-4,14H,5H2,1-2H3/b12-9+. The fraction of sp³-hybridized carbons (Fsp3) is 0.273. The number of rotatable bonds is 0. The Morgan fingerprint density at radius 3 is 2.71 bits per heavy atom. The lowest BCUT2D eigenvalue weighted by Gasteiger charge is -2.04. The van der Waals surface area contributed by atoms with E-state index in [1.165, 1.54) is 0 Å². The molecule has 0 bridgehead atoms. The zero-order valence-electron chi connectivity index (χ0n) is 8.16. The van der Waals surface area contributed by atoms with Crippen molar-refractivity contribution in [3.63, 3.8) is 0 Å². The van der Waals surface area contributed by atoms with Crippen molar-refractivity contribution in [2.45, 2.75) is 20.3 Å². The lowest BCUT2D eigenvalue weighted by Crippen LogP contribution is -2.08. The largest absolute Gasteiger partial charge is 0.411 e. The number of ketones is 1. The van der Waals surface area contributed by atoms with Crippen LogP contribution in [0.2, 0.25) is 0 Å². The summed E-state index contributed by atoms with van der Waals surface area (Å²) >= 11 is 0. The first kappa shape index (κ1) is 8.94. The molecule has 1 aromatic rings. The molecule has 72 valence electrons. The average Bonchev–Trinajstić information content (AvgIpc) is 2.50. The van der Waals surface area contributed by atoms with E-state index in [-0.39, 0.29) is 11.5 Å². The second-order valence-corrected chi connectivity index (χ2v) is 3.59. The first-order chi connectivity index (χ1) is 6.65. The van der Waals surface area contributed by atoms with E-state index in [1.807, 2.05) is 26.0 Å². The molecule has 1 N–H and O–H groups in total. The van der Waals surface area contributed by atoms with Crippen LogP contribution in [0, 0.1) is 13.8 Å². The number of fused-ring (bicyclic) bond motifs is 1. The van der Waals surface area contributed by atoms with Crippen LogP contribution in [0.4, 0.5) is 0 Å². The van der Waals surface area contributed by atoms with Crippen LogP contribution < -0.4 is 0 Å². The Kier molecular flexibility index (Phi) is 1.88. The third-order valence-corrected chi connectivity index (χ3v) is 2.79. The summed E-state index contributed by atoms with van der Waals surface area (Å²) in [7, 11) is 0. The Hall–Kier alpha value is -1.64. The van der Waals surface area contributed by atoms with Crippen LogP contribution in [-0.4, -0.2) is 16.7 Å². The summed E-state index contributed by atoms with van der Waals surface area (Å²) in [5.74, 6) is -0.135. The van der Waals surface area contributed by atoms with Gasteiger partial charge in [-0.2, -0.15) is 0 Å². The molecule has 1 aliphatic rings. The van der Waals surface area contributed by atoms with Gasteiger partial charge in [0, 0.05) is 12.0 Å². The molecule has 3 heteroatoms. The topological polar surface area (TPSA) is 49.7 Å². The van der Waals surface area contributed by atoms with Crippen molar-refractivity contribution in [2.75, 3.05) is 0 Å². The van der Waals surface area contributed by atoms with Crippen LogP contribution in [0.25, 0.3) is 0 Å². The van der Waals surface area contributed by atoms with Crippen LogP contribution in [0.3, 0.4) is 0 Å². The molecule has 1 aliphatic carbocycles. The zero-order valence-corrected chi connectivity index (χ0v) is 8.16. The van der Waals surface area contributed by atoms with Gasteiger partial charge in [0.2, 0.25) is 5.78 Å². The molecular weight excluding hydrogens is 178 g/mol. The van der Waals surface area contributed by atoms with Gasteiger partial charge >= 0.3 is 0 Å². The van der Waals surface area contributed by atoms with Gasteiger partial charge in [-0.05, 0) is 30.5 Å². The second kappa shape index (κ2) is 2.94. The fourth-order valence-corrected chi connectivity index (χ4v) is 1.82. The molecule has 2 rings (SSSR count). The lowest BCUT2D eigenvalue weighted by molar-refractivity contribution is 0.106. The fourth-order valence-electron chi connectivity index (χ4n) is 1.82. The Morgan fingerprint density at radius 1 is 1.36 bits per heavy atom. The molecule has 1 aromatic carbocycles. The van der Waals surface area contributed by atoms with Crippen LogP contribution >= 0.6 is 0 Å². The Balaban J connectivity index is 2.67. The van der Waals surface area contributed by atoms with Gasteiger partial charge in [-0.1, -0.05) is 17.3 Å². The molecule has 0 aliphatic heterocycles. The monoisotopic (exact) mass is 189 g/mol. The highest BCUT2D eigenvalue weighted by atomic mass is 16.4. The van der Waals surface area contributed by atoms with Gasteiger partial charge in [-0.15, -0.1) is 0 Å². The van der Waals surface area contributed by atoms with Gasteiger partial charge in [0.15, 0.2) is 0 Å². The van der Waals surface area contributed by atoms with Crippen LogP contribution in [0.15, 0.2) is 17.3 Å². The number of carbonyl (C=O) groups excluding carboxylic acids is 1. The summed E-state index contributed by atoms with van der Waals surface area (Å²) in [4.78, 5) is 11.7. The zero-order chi connectivity index (χ0) is 10.3. The molecule has 0 fully saturated rings. The highest BCUT2D eigenvalue weighted by molar-refractivity contribution is 6.49. The summed E-state index contributed by atoms with van der Waals surface area (Å²) in [6.07, 6.45) is 0.450. The maximum absolute atomic E-state index is 11.7. The van der Waals surface area contributed by atoms with Gasteiger partial charge in [0.1, 0.15) is 5.71 Å². The van der Waals surface area contributed by atoms with Crippen molar-refractivity contribution in [1.82, 2.24) is 0 Å². The van der Waals surface area contributed by atoms with Crippen molar-refractivity contribution in [3.05, 3.63) is 34.4 Å². The van der Waals surface area contributed by atoms with Crippen molar-refractivity contribution < 1.29 is 10.0 Å². The number of nitrogens with zero attached hydrogens (tertiary/aromatic N) is 1. The van der Waals surface area contributed by atoms with E-state index in [2.05, 4.69) is 5.16 Å². The van der Waals surface area contributed by atoms with E-state index in [4.69, 9.17) is 5.21 Å². The van der Waals surface area contributed by atoms with Crippen molar-refractivity contribution >= 4 is 11.5 Å². The number of benzene rings is 1. The van der Waals surface area contributed by atoms with E-state index in [0.29, 0.717) is 6.42 Å². The maximum atomic E-state index is 11.7. The van der Waals surface area contributed by atoms with E-state index >= 15 is 0 Å². The second-order valence-electron chi connectivity index (χ2n) is 3.59. The Morgan fingerprint density at radius 2 is 2.07 bits per heavy atom. The number of oxime groups is 1. The SMILES string of the molecule is Cc1ccc2c(c1C)C(=O)/C(=N/O)C2. The third kappa shape index (κ3) is 1.05. The molecule has 0 aromatic heterocycles. The molecular formula is C11H11NO2. The number of hydrogen-bond acceptors (Lipinski definition) is 3. The number of aryl methyl sites for hydroxylation is 1. The van der Waals surface area contributed by atoms with E-state index in [1.54, 1.807) is 0 Å². The quantitative estimate of drug-likeness (QED) is 0.500. The van der Waals surface area contributed by atoms with E-state index < -0.39 is 0 Å². The molecule has 0 atom stereocenters. The number of Topliss-reactive ketones (excluding diaryl/α,β-unsaturated/α-hetero) is 1. The molecule has 0 amide bonds. The average molecular weight is 189 g/mol. The molecule has 0 heterocycles. The maximum Gasteiger partial charge on any atom is 0.211 e. The van der Waals surface area contributed by atoms with E-state index in [0.717, 1.165) is 22.3 Å². The molecule has 0 saturated carbocycles. The molecule has 0 saturated heterocycles. The summed E-state index contributed by atoms with van der Waals surface area (Å²) in [5, 5.41) is 11.7. The molecule has 0 radical (unpaired) electrons. The van der Waals surface area contributed by atoms with Gasteiger partial charge in [-0.25, -0.2) is 0 Å². The Bertz CT molecular complexity index is 447. The van der Waals surface area contributed by atoms with Crippen LogP contribution in [0.5, 0.6) is 0 Å².